The number of alkyl halides is 3. The van der Waals surface area contributed by atoms with Crippen molar-refractivity contribution in [2.45, 2.75) is 58.7 Å². The van der Waals surface area contributed by atoms with Crippen LogP contribution in [0.2, 0.25) is 0 Å². The van der Waals surface area contributed by atoms with Crippen LogP contribution in [-0.4, -0.2) is 31.7 Å². The molecule has 3 rings (SSSR count). The molecule has 1 aromatic heterocycles. The van der Waals surface area contributed by atoms with Gasteiger partial charge in [0.25, 0.3) is 5.91 Å². The van der Waals surface area contributed by atoms with Crippen molar-refractivity contribution in [2.75, 3.05) is 0 Å². The van der Waals surface area contributed by atoms with Crippen LogP contribution in [0.4, 0.5) is 13.2 Å². The minimum atomic E-state index is -4.42. The highest BCUT2D eigenvalue weighted by Gasteiger charge is 2.30. The second-order valence-electron chi connectivity index (χ2n) is 8.64. The third-order valence-corrected chi connectivity index (χ3v) is 5.32. The Morgan fingerprint density at radius 3 is 2.28 bits per heavy atom. The van der Waals surface area contributed by atoms with Crippen molar-refractivity contribution in [1.29, 1.82) is 0 Å². The van der Waals surface area contributed by atoms with E-state index >= 15 is 0 Å². The van der Waals surface area contributed by atoms with E-state index in [4.69, 9.17) is 0 Å². The standard InChI is InChI=1S/C23H26F3N5O/c1-6-22(4,5)27-21(32)17-11-16(15-7-9-18(10-8-15)23(24,25)26)12-19(13-17)31-20(14(2)3)28-29-30-31/h7-14H,6H2,1-5H3,(H,27,32). The number of rotatable bonds is 6. The van der Waals surface area contributed by atoms with E-state index in [1.807, 2.05) is 34.6 Å². The molecule has 170 valence electrons. The molecule has 1 amide bonds. The van der Waals surface area contributed by atoms with Crippen LogP contribution < -0.4 is 5.32 Å². The number of carbonyl (C=O) groups is 1. The summed E-state index contributed by atoms with van der Waals surface area (Å²) in [4.78, 5) is 13.0. The Kier molecular flexibility index (Phi) is 6.39. The number of aromatic nitrogens is 4. The molecular formula is C23H26F3N5O. The first-order valence-corrected chi connectivity index (χ1v) is 10.3. The van der Waals surface area contributed by atoms with Crippen LogP contribution in [0.25, 0.3) is 16.8 Å². The largest absolute Gasteiger partial charge is 0.416 e. The van der Waals surface area contributed by atoms with Crippen molar-refractivity contribution in [2.24, 2.45) is 0 Å². The molecule has 2 aromatic carbocycles. The van der Waals surface area contributed by atoms with E-state index in [0.29, 0.717) is 28.2 Å². The van der Waals surface area contributed by atoms with Gasteiger partial charge < -0.3 is 5.32 Å². The van der Waals surface area contributed by atoms with Gasteiger partial charge in [0.1, 0.15) is 0 Å². The molecule has 0 aliphatic carbocycles. The number of hydrogen-bond donors (Lipinski definition) is 1. The summed E-state index contributed by atoms with van der Waals surface area (Å²) >= 11 is 0. The summed E-state index contributed by atoms with van der Waals surface area (Å²) in [7, 11) is 0. The van der Waals surface area contributed by atoms with Crippen LogP contribution in [0, 0.1) is 0 Å². The lowest BCUT2D eigenvalue weighted by atomic mass is 9.98. The highest BCUT2D eigenvalue weighted by atomic mass is 19.4. The van der Waals surface area contributed by atoms with E-state index in [0.717, 1.165) is 18.6 Å². The van der Waals surface area contributed by atoms with Gasteiger partial charge >= 0.3 is 6.18 Å². The predicted molar refractivity (Wildman–Crippen MR) is 116 cm³/mol. The van der Waals surface area contributed by atoms with E-state index in [1.54, 1.807) is 22.9 Å². The lowest BCUT2D eigenvalue weighted by molar-refractivity contribution is -0.137. The van der Waals surface area contributed by atoms with Crippen molar-refractivity contribution in [1.82, 2.24) is 25.5 Å². The molecule has 32 heavy (non-hydrogen) atoms. The molecule has 0 atom stereocenters. The molecule has 0 fully saturated rings. The van der Waals surface area contributed by atoms with Crippen LogP contribution >= 0.6 is 0 Å². The first kappa shape index (κ1) is 23.4. The Morgan fingerprint density at radius 2 is 1.72 bits per heavy atom. The van der Waals surface area contributed by atoms with Gasteiger partial charge in [-0.25, -0.2) is 0 Å². The molecule has 9 heteroatoms. The fourth-order valence-electron chi connectivity index (χ4n) is 3.09. The Bertz CT molecular complexity index is 1100. The predicted octanol–water partition coefficient (Wildman–Crippen LogP) is 5.39. The maximum absolute atomic E-state index is 13.0. The van der Waals surface area contributed by atoms with Crippen LogP contribution in [0.1, 0.15) is 68.7 Å². The first-order valence-electron chi connectivity index (χ1n) is 10.3. The van der Waals surface area contributed by atoms with Crippen molar-refractivity contribution in [3.63, 3.8) is 0 Å². The molecular weight excluding hydrogens is 419 g/mol. The number of nitrogens with one attached hydrogen (secondary N) is 1. The summed E-state index contributed by atoms with van der Waals surface area (Å²) in [6.07, 6.45) is -3.69. The molecule has 0 aliphatic rings. The molecule has 0 unspecified atom stereocenters. The summed E-state index contributed by atoms with van der Waals surface area (Å²) in [5, 5.41) is 14.8. The molecule has 0 aliphatic heterocycles. The summed E-state index contributed by atoms with van der Waals surface area (Å²) in [6.45, 7) is 9.70. The van der Waals surface area contributed by atoms with E-state index in [1.165, 1.54) is 12.1 Å². The van der Waals surface area contributed by atoms with Crippen LogP contribution in [0.5, 0.6) is 0 Å². The van der Waals surface area contributed by atoms with E-state index < -0.39 is 17.3 Å². The van der Waals surface area contributed by atoms with Crippen LogP contribution in [-0.2, 0) is 6.18 Å². The fraction of sp³-hybridized carbons (Fsp3) is 0.391. The van der Waals surface area contributed by atoms with Gasteiger partial charge in [0, 0.05) is 17.0 Å². The maximum atomic E-state index is 13.0. The minimum absolute atomic E-state index is 0.0241. The molecule has 3 aromatic rings. The zero-order chi connectivity index (χ0) is 23.7. The molecule has 1 heterocycles. The third-order valence-electron chi connectivity index (χ3n) is 5.32. The molecule has 1 N–H and O–H groups in total. The van der Waals surface area contributed by atoms with Gasteiger partial charge in [0.15, 0.2) is 5.82 Å². The first-order chi connectivity index (χ1) is 14.9. The molecule has 0 spiro atoms. The molecule has 0 saturated carbocycles. The average molecular weight is 445 g/mol. The Hall–Kier alpha value is -3.23. The lowest BCUT2D eigenvalue weighted by Crippen LogP contribution is -2.42. The summed E-state index contributed by atoms with van der Waals surface area (Å²) < 4.78 is 40.5. The monoisotopic (exact) mass is 445 g/mol. The van der Waals surface area contributed by atoms with Crippen molar-refractivity contribution in [3.8, 4) is 16.8 Å². The number of carbonyl (C=O) groups excluding carboxylic acids is 1. The van der Waals surface area contributed by atoms with Crippen molar-refractivity contribution < 1.29 is 18.0 Å². The number of tetrazole rings is 1. The van der Waals surface area contributed by atoms with Gasteiger partial charge in [-0.3, -0.25) is 4.79 Å². The van der Waals surface area contributed by atoms with Gasteiger partial charge in [-0.1, -0.05) is 32.9 Å². The fourth-order valence-corrected chi connectivity index (χ4v) is 3.09. The Morgan fingerprint density at radius 1 is 1.06 bits per heavy atom. The molecule has 6 nitrogen and oxygen atoms in total. The number of benzene rings is 2. The minimum Gasteiger partial charge on any atom is -0.347 e. The Balaban J connectivity index is 2.12. The number of hydrogen-bond acceptors (Lipinski definition) is 4. The quantitative estimate of drug-likeness (QED) is 0.552. The summed E-state index contributed by atoms with van der Waals surface area (Å²) in [5.74, 6) is 0.344. The highest BCUT2D eigenvalue weighted by molar-refractivity contribution is 5.96. The lowest BCUT2D eigenvalue weighted by Gasteiger charge is -2.24. The van der Waals surface area contributed by atoms with Crippen molar-refractivity contribution >= 4 is 5.91 Å². The zero-order valence-electron chi connectivity index (χ0n) is 18.7. The van der Waals surface area contributed by atoms with E-state index in [2.05, 4.69) is 20.8 Å². The van der Waals surface area contributed by atoms with Crippen molar-refractivity contribution in [3.05, 3.63) is 59.4 Å². The summed E-state index contributed by atoms with van der Waals surface area (Å²) in [6, 6.07) is 9.93. The molecule has 0 radical (unpaired) electrons. The number of halogens is 3. The SMILES string of the molecule is CCC(C)(C)NC(=O)c1cc(-c2ccc(C(F)(F)F)cc2)cc(-n2nnnc2C(C)C)c1. The van der Waals surface area contributed by atoms with Gasteiger partial charge in [-0.15, -0.1) is 5.10 Å². The Labute approximate surface area is 184 Å². The smallest absolute Gasteiger partial charge is 0.347 e. The van der Waals surface area contributed by atoms with E-state index in [-0.39, 0.29) is 11.8 Å². The van der Waals surface area contributed by atoms with Gasteiger partial charge in [-0.2, -0.15) is 17.9 Å². The second-order valence-corrected chi connectivity index (χ2v) is 8.64. The zero-order valence-corrected chi connectivity index (χ0v) is 18.7. The van der Waals surface area contributed by atoms with Gasteiger partial charge in [-0.05, 0) is 72.2 Å². The molecule has 0 saturated heterocycles. The normalized spacial score (nSPS) is 12.3. The molecule has 0 bridgehead atoms. The summed E-state index contributed by atoms with van der Waals surface area (Å²) in [5.41, 5.74) is 0.894. The topological polar surface area (TPSA) is 72.7 Å². The van der Waals surface area contributed by atoms with Gasteiger partial charge in [0.2, 0.25) is 0 Å². The maximum Gasteiger partial charge on any atom is 0.416 e. The number of nitrogens with zero attached hydrogens (tertiary/aromatic N) is 4. The number of amides is 1. The van der Waals surface area contributed by atoms with Gasteiger partial charge in [0.05, 0.1) is 11.3 Å². The van der Waals surface area contributed by atoms with Crippen LogP contribution in [0.15, 0.2) is 42.5 Å². The van der Waals surface area contributed by atoms with Crippen LogP contribution in [0.3, 0.4) is 0 Å². The van der Waals surface area contributed by atoms with E-state index in [9.17, 15) is 18.0 Å². The highest BCUT2D eigenvalue weighted by Crippen LogP contribution is 2.32. The average Bonchev–Trinajstić information content (AvgIpc) is 3.23. The third kappa shape index (κ3) is 5.15. The second kappa shape index (κ2) is 8.72.